The van der Waals surface area contributed by atoms with E-state index in [1.807, 2.05) is 84.9 Å². The Morgan fingerprint density at radius 2 is 1.48 bits per heavy atom. The molecule has 14 heteroatoms. The van der Waals surface area contributed by atoms with Crippen LogP contribution in [0.4, 0.5) is 5.69 Å². The standard InChI is InChI=1S/C51H50N6O7Si/c1-32-47(65(3,4)40-21-19-39(63-2)20-22-40)45(27-46(59)54-24-10-15-38(54)31-58)64-51(32)43-26-37(57-49(61)42-17-8-6-13-35(42)29-53-57)18-23-44(43)55(50(51)62)30-33-11-9-14-36(25-33)56-48(60)41-16-7-5-12-34(41)28-52-56/h5-9,11-14,16-23,25-26,28-29,32,38,45,47,58H,10,15,24,27,30-31H2,1-4H3/t32-,38+,45+,47-,51+/m1/s1. The molecule has 1 spiro atoms. The average molecular weight is 887 g/mol. The van der Waals surface area contributed by atoms with Crippen LogP contribution in [-0.4, -0.2) is 81.9 Å². The van der Waals surface area contributed by atoms with Crippen LogP contribution in [0, 0.1) is 5.92 Å². The largest absolute Gasteiger partial charge is 0.497 e. The van der Waals surface area contributed by atoms with Gasteiger partial charge < -0.3 is 24.4 Å². The predicted octanol–water partition coefficient (Wildman–Crippen LogP) is 6.23. The van der Waals surface area contributed by atoms with Gasteiger partial charge >= 0.3 is 0 Å². The number of nitrogens with zero attached hydrogens (tertiary/aromatic N) is 6. The smallest absolute Gasteiger partial charge is 0.279 e. The van der Waals surface area contributed by atoms with E-state index in [0.29, 0.717) is 45.3 Å². The van der Waals surface area contributed by atoms with Gasteiger partial charge in [-0.2, -0.15) is 19.6 Å². The minimum atomic E-state index is -2.65. The molecule has 2 saturated heterocycles. The Balaban J connectivity index is 1.11. The maximum atomic E-state index is 15.8. The molecule has 10 rings (SSSR count). The monoisotopic (exact) mass is 886 g/mol. The second-order valence-corrected chi connectivity index (χ2v) is 22.8. The van der Waals surface area contributed by atoms with Crippen molar-refractivity contribution < 1.29 is 24.2 Å². The van der Waals surface area contributed by atoms with Crippen molar-refractivity contribution in [3.8, 4) is 17.1 Å². The molecule has 5 aromatic carbocycles. The molecular weight excluding hydrogens is 837 g/mol. The number of fused-ring (bicyclic) bond motifs is 4. The summed E-state index contributed by atoms with van der Waals surface area (Å²) >= 11 is 0. The van der Waals surface area contributed by atoms with Crippen LogP contribution >= 0.6 is 0 Å². The number of carbonyl (C=O) groups excluding carboxylic acids is 2. The topological polar surface area (TPSA) is 149 Å². The number of hydrogen-bond acceptors (Lipinski definition) is 9. The lowest BCUT2D eigenvalue weighted by molar-refractivity contribution is -0.150. The molecule has 2 fully saturated rings. The first-order valence-corrected chi connectivity index (χ1v) is 25.3. The number of methoxy groups -OCH3 is 1. The minimum Gasteiger partial charge on any atom is -0.497 e. The second-order valence-electron chi connectivity index (χ2n) is 18.1. The number of anilines is 1. The Hall–Kier alpha value is -6.74. The van der Waals surface area contributed by atoms with Gasteiger partial charge in [0.1, 0.15) is 5.75 Å². The van der Waals surface area contributed by atoms with Crippen LogP contribution < -0.4 is 25.9 Å². The molecule has 65 heavy (non-hydrogen) atoms. The average Bonchev–Trinajstić information content (AvgIpc) is 3.99. The molecule has 0 unspecified atom stereocenters. The molecule has 0 aliphatic carbocycles. The van der Waals surface area contributed by atoms with Crippen LogP contribution in [0.2, 0.25) is 18.6 Å². The number of amides is 2. The van der Waals surface area contributed by atoms with Gasteiger partial charge in [-0.05, 0) is 78.5 Å². The Bertz CT molecular complexity index is 3130. The van der Waals surface area contributed by atoms with Gasteiger partial charge in [0.15, 0.2) is 5.60 Å². The quantitative estimate of drug-likeness (QED) is 0.158. The molecule has 2 amide bonds. The minimum absolute atomic E-state index is 0.0311. The first kappa shape index (κ1) is 42.2. The van der Waals surface area contributed by atoms with Crippen molar-refractivity contribution in [1.82, 2.24) is 24.5 Å². The predicted molar refractivity (Wildman–Crippen MR) is 252 cm³/mol. The lowest BCUT2D eigenvalue weighted by atomic mass is 9.82. The highest BCUT2D eigenvalue weighted by Gasteiger charge is 2.66. The Kier molecular flexibility index (Phi) is 10.6. The van der Waals surface area contributed by atoms with E-state index in [2.05, 4.69) is 42.3 Å². The molecule has 13 nitrogen and oxygen atoms in total. The molecule has 0 saturated carbocycles. The maximum Gasteiger partial charge on any atom is 0.279 e. The van der Waals surface area contributed by atoms with Crippen LogP contribution in [0.1, 0.15) is 37.3 Å². The van der Waals surface area contributed by atoms with Gasteiger partial charge in [0.25, 0.3) is 17.0 Å². The summed E-state index contributed by atoms with van der Waals surface area (Å²) in [4.78, 5) is 61.5. The summed E-state index contributed by atoms with van der Waals surface area (Å²) in [6.07, 6.45) is 4.22. The number of hydrogen-bond donors (Lipinski definition) is 1. The molecule has 5 atom stereocenters. The Labute approximate surface area is 376 Å². The normalized spacial score (nSPS) is 21.8. The van der Waals surface area contributed by atoms with Gasteiger partial charge in [-0.3, -0.25) is 19.2 Å². The molecule has 0 bridgehead atoms. The SMILES string of the molecule is COc1ccc([Si](C)(C)[C@H]2[C@H](CC(=O)N3CCC[C@H]3CO)O[C@@]3(C(=O)N(Cc4cccc(-n5ncc6ccccc6c5=O)c4)c4ccc(-n5ncc6ccccc6c5=O)cc43)[C@@H]2C)cc1. The number of aliphatic hydroxyl groups excluding tert-OH is 1. The van der Waals surface area contributed by atoms with E-state index in [0.717, 1.165) is 34.7 Å². The molecular formula is C51H50N6O7Si. The summed E-state index contributed by atoms with van der Waals surface area (Å²) in [6.45, 7) is 7.16. The molecule has 330 valence electrons. The van der Waals surface area contributed by atoms with Crippen LogP contribution in [0.3, 0.4) is 0 Å². The lowest BCUT2D eigenvalue weighted by Crippen LogP contribution is -2.52. The highest BCUT2D eigenvalue weighted by molar-refractivity contribution is 6.91. The molecule has 5 heterocycles. The van der Waals surface area contributed by atoms with Crippen molar-refractivity contribution in [1.29, 1.82) is 0 Å². The van der Waals surface area contributed by atoms with Gasteiger partial charge in [0.2, 0.25) is 5.91 Å². The fourth-order valence-electron chi connectivity index (χ4n) is 11.0. The van der Waals surface area contributed by atoms with Gasteiger partial charge in [-0.25, -0.2) is 0 Å². The summed E-state index contributed by atoms with van der Waals surface area (Å²) in [5.41, 5.74) is 0.617. The zero-order chi connectivity index (χ0) is 45.2. The van der Waals surface area contributed by atoms with Gasteiger partial charge in [-0.1, -0.05) is 85.9 Å². The molecule has 7 aromatic rings. The third-order valence-electron chi connectivity index (χ3n) is 14.2. The van der Waals surface area contributed by atoms with Crippen LogP contribution in [0.5, 0.6) is 5.75 Å². The number of benzene rings is 5. The van der Waals surface area contributed by atoms with Gasteiger partial charge in [-0.15, -0.1) is 0 Å². The molecule has 1 N–H and O–H groups in total. The summed E-state index contributed by atoms with van der Waals surface area (Å²) in [6, 6.07) is 35.4. The zero-order valence-corrected chi connectivity index (χ0v) is 37.8. The number of aromatic nitrogens is 4. The number of likely N-dealkylation sites (tertiary alicyclic amines) is 1. The lowest BCUT2D eigenvalue weighted by Gasteiger charge is -2.37. The van der Waals surface area contributed by atoms with Crippen molar-refractivity contribution in [3.63, 3.8) is 0 Å². The number of ether oxygens (including phenoxy) is 2. The van der Waals surface area contributed by atoms with E-state index in [9.17, 15) is 19.5 Å². The molecule has 3 aliphatic heterocycles. The van der Waals surface area contributed by atoms with Gasteiger partial charge in [0.05, 0.1) is 87.1 Å². The van der Waals surface area contributed by atoms with Crippen molar-refractivity contribution in [2.75, 3.05) is 25.2 Å². The van der Waals surface area contributed by atoms with Crippen molar-refractivity contribution in [3.05, 3.63) is 159 Å². The highest BCUT2D eigenvalue weighted by atomic mass is 28.3. The third-order valence-corrected chi connectivity index (χ3v) is 18.6. The second kappa shape index (κ2) is 16.4. The fraction of sp³-hybridized carbons (Fsp3) is 0.294. The molecule has 3 aliphatic rings. The summed E-state index contributed by atoms with van der Waals surface area (Å²) < 4.78 is 15.6. The first-order chi connectivity index (χ1) is 31.4. The Morgan fingerprint density at radius 1 is 0.831 bits per heavy atom. The number of carbonyl (C=O) groups is 2. The van der Waals surface area contributed by atoms with E-state index in [1.54, 1.807) is 47.5 Å². The van der Waals surface area contributed by atoms with E-state index < -0.39 is 25.7 Å². The van der Waals surface area contributed by atoms with E-state index in [4.69, 9.17) is 9.47 Å². The fourth-order valence-corrected chi connectivity index (χ4v) is 15.0. The third kappa shape index (κ3) is 6.89. The highest BCUT2D eigenvalue weighted by Crippen LogP contribution is 2.60. The van der Waals surface area contributed by atoms with E-state index in [-0.39, 0.29) is 54.1 Å². The van der Waals surface area contributed by atoms with Crippen molar-refractivity contribution >= 4 is 52.3 Å². The Morgan fingerprint density at radius 3 is 2.12 bits per heavy atom. The summed E-state index contributed by atoms with van der Waals surface area (Å²) in [5.74, 6) is -0.114. The molecule has 0 radical (unpaired) electrons. The number of rotatable bonds is 10. The van der Waals surface area contributed by atoms with Crippen LogP contribution in [0.15, 0.2) is 137 Å². The first-order valence-electron chi connectivity index (χ1n) is 22.2. The zero-order valence-electron chi connectivity index (χ0n) is 36.8. The van der Waals surface area contributed by atoms with Crippen molar-refractivity contribution in [2.45, 2.75) is 69.1 Å². The summed E-state index contributed by atoms with van der Waals surface area (Å²) in [7, 11) is -1.01. The number of aliphatic hydroxyl groups is 1. The van der Waals surface area contributed by atoms with Crippen LogP contribution in [0.25, 0.3) is 32.9 Å². The van der Waals surface area contributed by atoms with E-state index >= 15 is 4.79 Å². The summed E-state index contributed by atoms with van der Waals surface area (Å²) in [5, 5.41) is 22.9. The maximum absolute atomic E-state index is 15.8. The van der Waals surface area contributed by atoms with Crippen molar-refractivity contribution in [2.24, 2.45) is 5.92 Å². The van der Waals surface area contributed by atoms with E-state index in [1.165, 1.54) is 9.36 Å². The molecule has 2 aromatic heterocycles. The van der Waals surface area contributed by atoms with Gasteiger partial charge in [0, 0.05) is 28.8 Å². The van der Waals surface area contributed by atoms with Crippen LogP contribution in [-0.2, 0) is 26.5 Å².